The first-order chi connectivity index (χ1) is 25.7. The minimum atomic E-state index is -6.04. The molecule has 312 valence electrons. The molecule has 55 heavy (non-hydrogen) atoms. The van der Waals surface area contributed by atoms with E-state index < -0.39 is 79.5 Å². The molecule has 0 aromatic carbocycles. The van der Waals surface area contributed by atoms with Gasteiger partial charge >= 0.3 is 33.3 Å². The van der Waals surface area contributed by atoms with Crippen LogP contribution in [0.5, 0.6) is 0 Å². The lowest BCUT2D eigenvalue weighted by Gasteiger charge is -2.51. The standard InChI is InChI=1S/C39H58F2O13S/c1-23-6-26-9-29(42)17-36(11-23,13-26)32(44)52-21-35(22-53-33(45)37-12-24(2)7-27(14-37)10-30(43)18-37)19-50-31(51-20-35)28-8-25-4-3-5-38(15-25,16-28)54-34(46)39(40,41)55(47,48)49/h23-31,42-43H,3-22H2,1-2H3,(H,47,48,49). The molecule has 16 heteroatoms. The summed E-state index contributed by atoms with van der Waals surface area (Å²) in [6.45, 7) is 3.76. The van der Waals surface area contributed by atoms with E-state index in [-0.39, 0.29) is 63.4 Å². The lowest BCUT2D eigenvalue weighted by atomic mass is 9.58. The van der Waals surface area contributed by atoms with Crippen LogP contribution >= 0.6 is 0 Å². The lowest BCUT2D eigenvalue weighted by molar-refractivity contribution is -0.279. The highest BCUT2D eigenvalue weighted by molar-refractivity contribution is 7.87. The summed E-state index contributed by atoms with van der Waals surface area (Å²) >= 11 is 0. The van der Waals surface area contributed by atoms with Crippen molar-refractivity contribution in [3.8, 4) is 0 Å². The number of aliphatic hydroxyl groups excluding tert-OH is 2. The van der Waals surface area contributed by atoms with E-state index in [9.17, 15) is 41.8 Å². The second-order valence-corrected chi connectivity index (χ2v) is 20.8. The second kappa shape index (κ2) is 15.0. The molecule has 0 amide bonds. The molecule has 11 unspecified atom stereocenters. The van der Waals surface area contributed by atoms with E-state index in [4.69, 9.17) is 28.2 Å². The molecule has 7 fully saturated rings. The Kier molecular flexibility index (Phi) is 11.2. The first-order valence-electron chi connectivity index (χ1n) is 20.3. The molecule has 1 saturated heterocycles. The number of esters is 3. The molecule has 0 aromatic rings. The van der Waals surface area contributed by atoms with Crippen LogP contribution in [0.4, 0.5) is 8.78 Å². The molecule has 0 radical (unpaired) electrons. The average molecular weight is 805 g/mol. The maximum absolute atomic E-state index is 14.3. The fraction of sp³-hybridized carbons (Fsp3) is 0.923. The summed E-state index contributed by atoms with van der Waals surface area (Å²) in [6.07, 6.45) is 6.67. The van der Waals surface area contributed by atoms with E-state index in [1.807, 2.05) is 0 Å². The van der Waals surface area contributed by atoms with Crippen LogP contribution in [0.25, 0.3) is 0 Å². The van der Waals surface area contributed by atoms with Crippen molar-refractivity contribution in [2.45, 2.75) is 146 Å². The summed E-state index contributed by atoms with van der Waals surface area (Å²) in [5.41, 5.74) is -4.15. The third-order valence-corrected chi connectivity index (χ3v) is 15.0. The molecular weight excluding hydrogens is 746 g/mol. The van der Waals surface area contributed by atoms with Crippen molar-refractivity contribution >= 4 is 28.0 Å². The molecule has 11 atom stereocenters. The van der Waals surface area contributed by atoms with E-state index in [0.29, 0.717) is 76.0 Å². The van der Waals surface area contributed by atoms with Gasteiger partial charge in [0.15, 0.2) is 6.29 Å². The van der Waals surface area contributed by atoms with Crippen molar-refractivity contribution in [3.05, 3.63) is 0 Å². The molecule has 1 aliphatic heterocycles. The average Bonchev–Trinajstić information content (AvgIpc) is 3.07. The smallest absolute Gasteiger partial charge is 0.464 e. The molecule has 6 bridgehead atoms. The number of hydrogen-bond acceptors (Lipinski definition) is 12. The van der Waals surface area contributed by atoms with Gasteiger partial charge in [-0.2, -0.15) is 17.2 Å². The van der Waals surface area contributed by atoms with Crippen LogP contribution in [0, 0.1) is 51.8 Å². The Balaban J connectivity index is 1.07. The number of halogens is 2. The van der Waals surface area contributed by atoms with Crippen LogP contribution < -0.4 is 0 Å². The number of hydrogen-bond donors (Lipinski definition) is 3. The highest BCUT2D eigenvalue weighted by Gasteiger charge is 2.59. The number of rotatable bonds is 10. The van der Waals surface area contributed by atoms with Gasteiger partial charge in [0.2, 0.25) is 0 Å². The quantitative estimate of drug-likeness (QED) is 0.153. The predicted octanol–water partition coefficient (Wildman–Crippen LogP) is 4.95. The molecule has 7 aliphatic rings. The van der Waals surface area contributed by atoms with Gasteiger partial charge in [-0.25, -0.2) is 4.79 Å². The summed E-state index contributed by atoms with van der Waals surface area (Å²) in [5, 5.41) is 16.3. The summed E-state index contributed by atoms with van der Waals surface area (Å²) in [4.78, 5) is 40.4. The van der Waals surface area contributed by atoms with E-state index in [0.717, 1.165) is 19.3 Å². The summed E-state index contributed by atoms with van der Waals surface area (Å²) in [5.74, 6) is -2.57. The Hall–Kier alpha value is -1.98. The molecule has 7 rings (SSSR count). The topological polar surface area (TPSA) is 192 Å². The largest absolute Gasteiger partial charge is 0.465 e. The molecule has 6 aliphatic carbocycles. The number of ether oxygens (including phenoxy) is 5. The lowest BCUT2D eigenvalue weighted by Crippen LogP contribution is -2.55. The van der Waals surface area contributed by atoms with Crippen molar-refractivity contribution in [3.63, 3.8) is 0 Å². The third-order valence-electron chi connectivity index (χ3n) is 14.2. The summed E-state index contributed by atoms with van der Waals surface area (Å²) in [7, 11) is -6.04. The number of carbonyl (C=O) groups excluding carboxylic acids is 3. The Morgan fingerprint density at radius 2 is 1.27 bits per heavy atom. The molecule has 0 spiro atoms. The number of aliphatic hydroxyl groups is 2. The third kappa shape index (κ3) is 8.33. The van der Waals surface area contributed by atoms with Crippen molar-refractivity contribution < 1.29 is 70.0 Å². The first kappa shape index (κ1) is 41.2. The maximum Gasteiger partial charge on any atom is 0.465 e. The van der Waals surface area contributed by atoms with Gasteiger partial charge in [-0.05, 0) is 126 Å². The van der Waals surface area contributed by atoms with Crippen molar-refractivity contribution in [1.82, 2.24) is 0 Å². The Morgan fingerprint density at radius 1 is 0.745 bits per heavy atom. The highest BCUT2D eigenvalue weighted by atomic mass is 32.2. The molecule has 1 heterocycles. The van der Waals surface area contributed by atoms with Crippen LogP contribution in [0.3, 0.4) is 0 Å². The summed E-state index contributed by atoms with van der Waals surface area (Å²) < 4.78 is 90.3. The van der Waals surface area contributed by atoms with Gasteiger partial charge in [-0.3, -0.25) is 14.1 Å². The Labute approximate surface area is 321 Å². The van der Waals surface area contributed by atoms with Crippen LogP contribution in [0.2, 0.25) is 0 Å². The second-order valence-electron chi connectivity index (χ2n) is 19.3. The van der Waals surface area contributed by atoms with Gasteiger partial charge < -0.3 is 33.9 Å². The van der Waals surface area contributed by atoms with Crippen molar-refractivity contribution in [2.24, 2.45) is 51.8 Å². The zero-order valence-electron chi connectivity index (χ0n) is 31.9. The SMILES string of the molecule is CC1CC2CC(O)CC(C(=O)OCC3(COC(=O)C45CC(C)CC(CC(O)C4)C5)COC(C4CC5CCCC(OC(=O)C(F)(F)S(=O)(=O)O)(C5)C4)OC3)(C1)C2. The van der Waals surface area contributed by atoms with Gasteiger partial charge in [-0.15, -0.1) is 0 Å². The van der Waals surface area contributed by atoms with E-state index >= 15 is 0 Å². The number of alkyl halides is 2. The maximum atomic E-state index is 14.3. The van der Waals surface area contributed by atoms with Gasteiger partial charge in [0.1, 0.15) is 18.8 Å². The van der Waals surface area contributed by atoms with Gasteiger partial charge in [0.05, 0.1) is 41.7 Å². The normalized spacial score (nSPS) is 44.5. The van der Waals surface area contributed by atoms with E-state index in [2.05, 4.69) is 13.8 Å². The van der Waals surface area contributed by atoms with E-state index in [1.165, 1.54) is 0 Å². The molecule has 3 N–H and O–H groups in total. The molecule has 13 nitrogen and oxygen atoms in total. The Morgan fingerprint density at radius 3 is 1.78 bits per heavy atom. The predicted molar refractivity (Wildman–Crippen MR) is 188 cm³/mol. The Bertz CT molecular complexity index is 1480. The van der Waals surface area contributed by atoms with Crippen LogP contribution in [-0.4, -0.2) is 96.9 Å². The van der Waals surface area contributed by atoms with Gasteiger partial charge in [0, 0.05) is 5.92 Å². The molecule has 0 aromatic heterocycles. The summed E-state index contributed by atoms with van der Waals surface area (Å²) in [6, 6.07) is 0. The minimum Gasteiger partial charge on any atom is -0.464 e. The minimum absolute atomic E-state index is 0.0425. The zero-order valence-corrected chi connectivity index (χ0v) is 32.7. The van der Waals surface area contributed by atoms with Crippen molar-refractivity contribution in [2.75, 3.05) is 26.4 Å². The van der Waals surface area contributed by atoms with Crippen LogP contribution in [0.1, 0.15) is 117 Å². The van der Waals surface area contributed by atoms with Crippen LogP contribution in [0.15, 0.2) is 0 Å². The number of carbonyl (C=O) groups is 3. The van der Waals surface area contributed by atoms with Gasteiger partial charge in [-0.1, -0.05) is 20.3 Å². The first-order valence-corrected chi connectivity index (χ1v) is 21.7. The zero-order chi connectivity index (χ0) is 39.6. The van der Waals surface area contributed by atoms with E-state index in [1.54, 1.807) is 0 Å². The monoisotopic (exact) mass is 804 g/mol. The van der Waals surface area contributed by atoms with Crippen LogP contribution in [-0.2, 0) is 48.2 Å². The fourth-order valence-corrected chi connectivity index (χ4v) is 12.7. The fourth-order valence-electron chi connectivity index (χ4n) is 12.5. The van der Waals surface area contributed by atoms with Gasteiger partial charge in [0.25, 0.3) is 0 Å². The molecular formula is C39H58F2O13S. The molecule has 6 saturated carbocycles. The van der Waals surface area contributed by atoms with Crippen molar-refractivity contribution in [1.29, 1.82) is 0 Å². The number of fused-ring (bicyclic) bond motifs is 6. The highest BCUT2D eigenvalue weighted by Crippen LogP contribution is 2.54.